The van der Waals surface area contributed by atoms with E-state index in [0.717, 1.165) is 11.3 Å². The van der Waals surface area contributed by atoms with E-state index in [9.17, 15) is 4.79 Å². The van der Waals surface area contributed by atoms with Gasteiger partial charge >= 0.3 is 5.97 Å². The molecule has 1 aromatic carbocycles. The van der Waals surface area contributed by atoms with Gasteiger partial charge in [0.2, 0.25) is 0 Å². The Bertz CT molecular complexity index is 606. The summed E-state index contributed by atoms with van der Waals surface area (Å²) in [5.41, 5.74) is 1.88. The van der Waals surface area contributed by atoms with Crippen molar-refractivity contribution in [1.82, 2.24) is 4.98 Å². The summed E-state index contributed by atoms with van der Waals surface area (Å²) in [7, 11) is 0. The molecule has 0 fully saturated rings. The van der Waals surface area contributed by atoms with E-state index in [2.05, 4.69) is 4.98 Å². The van der Waals surface area contributed by atoms with E-state index in [1.54, 1.807) is 19.1 Å². The molecule has 0 spiro atoms. The maximum absolute atomic E-state index is 10.9. The molecule has 21 heavy (non-hydrogen) atoms. The van der Waals surface area contributed by atoms with Crippen LogP contribution >= 0.6 is 0 Å². The molecule has 4 heteroatoms. The zero-order valence-corrected chi connectivity index (χ0v) is 11.8. The molecule has 0 amide bonds. The Morgan fingerprint density at radius 3 is 2.57 bits per heavy atom. The lowest BCUT2D eigenvalue weighted by atomic mass is 10.2. The Balaban J connectivity index is 2.02. The minimum Gasteiger partial charge on any atom is -0.479 e. The molecule has 0 saturated carbocycles. The lowest BCUT2D eigenvalue weighted by molar-refractivity contribution is -0.145. The molecular formula is C17H17NO3. The lowest BCUT2D eigenvalue weighted by Gasteiger charge is -2.12. The van der Waals surface area contributed by atoms with Crippen molar-refractivity contribution in [2.24, 2.45) is 0 Å². The van der Waals surface area contributed by atoms with Gasteiger partial charge in [0.05, 0.1) is 11.9 Å². The number of carboxylic acid groups (broad SMARTS) is 1. The third-order valence-electron chi connectivity index (χ3n) is 2.93. The monoisotopic (exact) mass is 283 g/mol. The molecule has 0 aliphatic heterocycles. The van der Waals surface area contributed by atoms with E-state index in [4.69, 9.17) is 9.84 Å². The number of aromatic nitrogens is 1. The van der Waals surface area contributed by atoms with E-state index in [1.807, 2.05) is 42.5 Å². The summed E-state index contributed by atoms with van der Waals surface area (Å²) in [5, 5.41) is 8.94. The number of hydrogen-bond donors (Lipinski definition) is 1. The van der Waals surface area contributed by atoms with Crippen LogP contribution in [0.4, 0.5) is 0 Å². The average Bonchev–Trinajstić information content (AvgIpc) is 2.52. The SMILES string of the molecule is CC[C@H](Oc1ccc(/C=C/c2ccccc2)nc1)C(=O)O. The summed E-state index contributed by atoms with van der Waals surface area (Å²) >= 11 is 0. The topological polar surface area (TPSA) is 59.4 Å². The Labute approximate surface area is 123 Å². The van der Waals surface area contributed by atoms with E-state index < -0.39 is 12.1 Å². The summed E-state index contributed by atoms with van der Waals surface area (Å²) in [4.78, 5) is 15.1. The minimum atomic E-state index is -0.967. The van der Waals surface area contributed by atoms with Gasteiger partial charge in [-0.3, -0.25) is 4.98 Å². The Hall–Kier alpha value is -2.62. The normalized spacial score (nSPS) is 12.2. The summed E-state index contributed by atoms with van der Waals surface area (Å²) in [5.74, 6) is -0.508. The van der Waals surface area contributed by atoms with E-state index in [0.29, 0.717) is 12.2 Å². The summed E-state index contributed by atoms with van der Waals surface area (Å²) in [6.45, 7) is 1.77. The zero-order chi connectivity index (χ0) is 15.1. The maximum atomic E-state index is 10.9. The maximum Gasteiger partial charge on any atom is 0.344 e. The highest BCUT2D eigenvalue weighted by molar-refractivity contribution is 5.72. The molecule has 0 saturated heterocycles. The lowest BCUT2D eigenvalue weighted by Crippen LogP contribution is -2.25. The highest BCUT2D eigenvalue weighted by Gasteiger charge is 2.16. The fourth-order valence-corrected chi connectivity index (χ4v) is 1.78. The fraction of sp³-hybridized carbons (Fsp3) is 0.176. The number of pyridine rings is 1. The molecule has 0 aliphatic carbocycles. The van der Waals surface area contributed by atoms with Gasteiger partial charge in [-0.25, -0.2) is 4.79 Å². The van der Waals surface area contributed by atoms with Crippen LogP contribution < -0.4 is 4.74 Å². The van der Waals surface area contributed by atoms with Crippen molar-refractivity contribution < 1.29 is 14.6 Å². The van der Waals surface area contributed by atoms with Gasteiger partial charge in [-0.05, 0) is 30.2 Å². The van der Waals surface area contributed by atoms with Gasteiger partial charge in [0.1, 0.15) is 5.75 Å². The van der Waals surface area contributed by atoms with Crippen LogP contribution in [0, 0.1) is 0 Å². The smallest absolute Gasteiger partial charge is 0.344 e. The van der Waals surface area contributed by atoms with Crippen molar-refractivity contribution >= 4 is 18.1 Å². The first-order valence-corrected chi connectivity index (χ1v) is 6.77. The number of hydrogen-bond acceptors (Lipinski definition) is 3. The summed E-state index contributed by atoms with van der Waals surface area (Å²) in [6.07, 6.45) is 4.97. The van der Waals surface area contributed by atoms with Crippen molar-refractivity contribution in [3.8, 4) is 5.75 Å². The molecule has 2 rings (SSSR count). The number of carbonyl (C=O) groups is 1. The summed E-state index contributed by atoms with van der Waals surface area (Å²) in [6, 6.07) is 13.4. The largest absolute Gasteiger partial charge is 0.479 e. The standard InChI is InChI=1S/C17H17NO3/c1-2-16(17(19)20)21-15-11-10-14(18-12-15)9-8-13-6-4-3-5-7-13/h3-12,16H,2H2,1H3,(H,19,20)/b9-8+/t16-/m0/s1. The highest BCUT2D eigenvalue weighted by atomic mass is 16.5. The highest BCUT2D eigenvalue weighted by Crippen LogP contribution is 2.14. The van der Waals surface area contributed by atoms with E-state index in [-0.39, 0.29) is 0 Å². The fourth-order valence-electron chi connectivity index (χ4n) is 1.78. The number of carboxylic acids is 1. The predicted octanol–water partition coefficient (Wildman–Crippen LogP) is 3.49. The number of nitrogens with zero attached hydrogens (tertiary/aromatic N) is 1. The predicted molar refractivity (Wildman–Crippen MR) is 81.9 cm³/mol. The van der Waals surface area contributed by atoms with Crippen molar-refractivity contribution in [3.05, 3.63) is 59.9 Å². The molecular weight excluding hydrogens is 266 g/mol. The van der Waals surface area contributed by atoms with Crippen LogP contribution in [-0.2, 0) is 4.79 Å². The van der Waals surface area contributed by atoms with Gasteiger partial charge < -0.3 is 9.84 Å². The van der Waals surface area contributed by atoms with Crippen molar-refractivity contribution in [2.45, 2.75) is 19.4 Å². The van der Waals surface area contributed by atoms with Gasteiger partial charge in [0.25, 0.3) is 0 Å². The van der Waals surface area contributed by atoms with Crippen molar-refractivity contribution in [1.29, 1.82) is 0 Å². The number of rotatable bonds is 6. The van der Waals surface area contributed by atoms with Crippen LogP contribution in [0.2, 0.25) is 0 Å². The molecule has 4 nitrogen and oxygen atoms in total. The van der Waals surface area contributed by atoms with Gasteiger partial charge in [-0.1, -0.05) is 43.3 Å². The first-order chi connectivity index (χ1) is 10.2. The second-order valence-electron chi connectivity index (χ2n) is 4.52. The van der Waals surface area contributed by atoms with E-state index in [1.165, 1.54) is 6.20 Å². The van der Waals surface area contributed by atoms with Crippen LogP contribution in [-0.4, -0.2) is 22.2 Å². The number of ether oxygens (including phenoxy) is 1. The second-order valence-corrected chi connectivity index (χ2v) is 4.52. The quantitative estimate of drug-likeness (QED) is 0.881. The first-order valence-electron chi connectivity index (χ1n) is 6.77. The van der Waals surface area contributed by atoms with Gasteiger partial charge in [0.15, 0.2) is 6.10 Å². The van der Waals surface area contributed by atoms with Crippen molar-refractivity contribution in [3.63, 3.8) is 0 Å². The molecule has 108 valence electrons. The minimum absolute atomic E-state index is 0.408. The molecule has 1 N–H and O–H groups in total. The molecule has 1 atom stereocenters. The van der Waals surface area contributed by atoms with E-state index >= 15 is 0 Å². The summed E-state index contributed by atoms with van der Waals surface area (Å²) < 4.78 is 5.36. The third kappa shape index (κ3) is 4.45. The van der Waals surface area contributed by atoms with Gasteiger partial charge in [-0.2, -0.15) is 0 Å². The zero-order valence-electron chi connectivity index (χ0n) is 11.8. The Morgan fingerprint density at radius 2 is 2.00 bits per heavy atom. The molecule has 0 unspecified atom stereocenters. The van der Waals surface area contributed by atoms with Gasteiger partial charge in [-0.15, -0.1) is 0 Å². The van der Waals surface area contributed by atoms with Gasteiger partial charge in [0, 0.05) is 0 Å². The van der Waals surface area contributed by atoms with Crippen LogP contribution in [0.3, 0.4) is 0 Å². The van der Waals surface area contributed by atoms with Crippen LogP contribution in [0.15, 0.2) is 48.7 Å². The molecule has 1 heterocycles. The van der Waals surface area contributed by atoms with Crippen LogP contribution in [0.5, 0.6) is 5.75 Å². The van der Waals surface area contributed by atoms with Crippen LogP contribution in [0.1, 0.15) is 24.6 Å². The molecule has 0 radical (unpaired) electrons. The molecule has 2 aromatic rings. The second kappa shape index (κ2) is 7.24. The van der Waals surface area contributed by atoms with Crippen molar-refractivity contribution in [2.75, 3.05) is 0 Å². The average molecular weight is 283 g/mol. The first kappa shape index (κ1) is 14.8. The third-order valence-corrected chi connectivity index (χ3v) is 2.93. The molecule has 0 aliphatic rings. The Morgan fingerprint density at radius 1 is 1.24 bits per heavy atom. The van der Waals surface area contributed by atoms with Crippen LogP contribution in [0.25, 0.3) is 12.2 Å². The molecule has 1 aromatic heterocycles. The number of benzene rings is 1. The number of aliphatic carboxylic acids is 1. The molecule has 0 bridgehead atoms. The Kier molecular flexibility index (Phi) is 5.10.